The van der Waals surface area contributed by atoms with Crippen molar-refractivity contribution in [1.29, 1.82) is 0 Å². The molecule has 0 saturated carbocycles. The number of benzene rings is 1. The van der Waals surface area contributed by atoms with Gasteiger partial charge in [0.2, 0.25) is 10.0 Å². The van der Waals surface area contributed by atoms with Crippen LogP contribution in [0.15, 0.2) is 17.0 Å². The summed E-state index contributed by atoms with van der Waals surface area (Å²) in [5.41, 5.74) is 5.45. The van der Waals surface area contributed by atoms with Crippen LogP contribution in [0.5, 0.6) is 0 Å². The number of alkyl halides is 2. The molecule has 0 atom stereocenters. The van der Waals surface area contributed by atoms with Crippen LogP contribution in [0, 0.1) is 12.7 Å². The van der Waals surface area contributed by atoms with Gasteiger partial charge in [0.05, 0.1) is 11.4 Å². The number of nitrogen functional groups attached to an aromatic ring is 1. The molecule has 0 aliphatic rings. The number of hydrogen-bond donors (Lipinski definition) is 2. The molecule has 1 aromatic rings. The number of nitrogens with two attached hydrogens (primary N) is 1. The Balaban J connectivity index is 3.08. The van der Waals surface area contributed by atoms with Crippen LogP contribution in [0.3, 0.4) is 0 Å². The summed E-state index contributed by atoms with van der Waals surface area (Å²) in [5.74, 6) is -0.803. The molecule has 17 heavy (non-hydrogen) atoms. The molecule has 3 N–H and O–H groups in total. The first-order valence-electron chi connectivity index (χ1n) is 4.57. The van der Waals surface area contributed by atoms with E-state index in [4.69, 9.17) is 5.73 Å². The van der Waals surface area contributed by atoms with E-state index in [1.165, 1.54) is 6.92 Å². The Bertz CT molecular complexity index is 494. The standard InChI is InChI=1S/C9H11F3N2O2S/c1-5-7(10)2-6(3-8(5)13)17(15,16)14-4-9(11)12/h2-3,9,14H,4,13H2,1H3. The van der Waals surface area contributed by atoms with Gasteiger partial charge in [0.25, 0.3) is 6.43 Å². The highest BCUT2D eigenvalue weighted by Crippen LogP contribution is 2.20. The molecular formula is C9H11F3N2O2S. The highest BCUT2D eigenvalue weighted by molar-refractivity contribution is 7.89. The number of anilines is 1. The van der Waals surface area contributed by atoms with E-state index in [9.17, 15) is 21.6 Å². The van der Waals surface area contributed by atoms with E-state index in [1.807, 2.05) is 0 Å². The van der Waals surface area contributed by atoms with Crippen molar-refractivity contribution < 1.29 is 21.6 Å². The van der Waals surface area contributed by atoms with Gasteiger partial charge in [-0.05, 0) is 19.1 Å². The van der Waals surface area contributed by atoms with Crippen LogP contribution in [-0.2, 0) is 10.0 Å². The molecule has 0 aliphatic carbocycles. The molecule has 0 fully saturated rings. The molecule has 0 heterocycles. The van der Waals surface area contributed by atoms with E-state index in [0.717, 1.165) is 12.1 Å². The van der Waals surface area contributed by atoms with Gasteiger partial charge in [0, 0.05) is 11.3 Å². The number of halogens is 3. The van der Waals surface area contributed by atoms with E-state index in [-0.39, 0.29) is 11.3 Å². The van der Waals surface area contributed by atoms with E-state index in [2.05, 4.69) is 0 Å². The molecule has 0 unspecified atom stereocenters. The molecule has 0 saturated heterocycles. The third-order valence-electron chi connectivity index (χ3n) is 2.10. The Morgan fingerprint density at radius 2 is 2.00 bits per heavy atom. The molecule has 0 radical (unpaired) electrons. The predicted octanol–water partition coefficient (Wildman–Crippen LogP) is 1.26. The molecule has 0 spiro atoms. The second kappa shape index (κ2) is 4.92. The number of rotatable bonds is 4. The van der Waals surface area contributed by atoms with Crippen molar-refractivity contribution >= 4 is 15.7 Å². The highest BCUT2D eigenvalue weighted by atomic mass is 32.2. The molecule has 96 valence electrons. The van der Waals surface area contributed by atoms with Crippen LogP contribution in [0.1, 0.15) is 5.56 Å². The van der Waals surface area contributed by atoms with Crippen molar-refractivity contribution in [1.82, 2.24) is 4.72 Å². The Morgan fingerprint density at radius 1 is 1.41 bits per heavy atom. The first-order chi connectivity index (χ1) is 7.74. The molecule has 1 aromatic carbocycles. The van der Waals surface area contributed by atoms with Gasteiger partial charge in [-0.15, -0.1) is 0 Å². The number of sulfonamides is 1. The molecule has 0 bridgehead atoms. The minimum atomic E-state index is -4.17. The molecule has 4 nitrogen and oxygen atoms in total. The lowest BCUT2D eigenvalue weighted by molar-refractivity contribution is 0.153. The summed E-state index contributed by atoms with van der Waals surface area (Å²) in [6, 6.07) is 1.76. The average Bonchev–Trinajstić information content (AvgIpc) is 2.22. The van der Waals surface area contributed by atoms with Gasteiger partial charge >= 0.3 is 0 Å². The van der Waals surface area contributed by atoms with Gasteiger partial charge in [-0.3, -0.25) is 0 Å². The van der Waals surface area contributed by atoms with Crippen LogP contribution in [0.25, 0.3) is 0 Å². The van der Waals surface area contributed by atoms with Crippen molar-refractivity contribution in [2.75, 3.05) is 12.3 Å². The van der Waals surface area contributed by atoms with Gasteiger partial charge in [0.1, 0.15) is 5.82 Å². The molecule has 8 heteroatoms. The zero-order chi connectivity index (χ0) is 13.2. The summed E-state index contributed by atoms with van der Waals surface area (Å²) in [6.45, 7) is 0.353. The third kappa shape index (κ3) is 3.34. The van der Waals surface area contributed by atoms with Gasteiger partial charge in [-0.1, -0.05) is 0 Å². The zero-order valence-corrected chi connectivity index (χ0v) is 9.69. The Kier molecular flexibility index (Phi) is 3.99. The normalized spacial score (nSPS) is 12.1. The van der Waals surface area contributed by atoms with Gasteiger partial charge in [0.15, 0.2) is 0 Å². The maximum atomic E-state index is 13.2. The maximum Gasteiger partial charge on any atom is 0.251 e. The lowest BCUT2D eigenvalue weighted by atomic mass is 10.2. The van der Waals surface area contributed by atoms with Crippen molar-refractivity contribution in [2.24, 2.45) is 0 Å². The van der Waals surface area contributed by atoms with Crippen LogP contribution in [-0.4, -0.2) is 21.4 Å². The summed E-state index contributed by atoms with van der Waals surface area (Å²) in [7, 11) is -4.17. The monoisotopic (exact) mass is 268 g/mol. The lowest BCUT2D eigenvalue weighted by Gasteiger charge is -2.09. The van der Waals surface area contributed by atoms with E-state index in [1.54, 1.807) is 4.72 Å². The highest BCUT2D eigenvalue weighted by Gasteiger charge is 2.18. The van der Waals surface area contributed by atoms with E-state index < -0.39 is 33.7 Å². The van der Waals surface area contributed by atoms with Crippen LogP contribution in [0.2, 0.25) is 0 Å². The quantitative estimate of drug-likeness (QED) is 0.807. The second-order valence-electron chi connectivity index (χ2n) is 3.36. The number of nitrogens with one attached hydrogen (secondary N) is 1. The molecule has 0 aromatic heterocycles. The van der Waals surface area contributed by atoms with E-state index in [0.29, 0.717) is 0 Å². The minimum absolute atomic E-state index is 0.0533. The third-order valence-corrected chi connectivity index (χ3v) is 3.50. The summed E-state index contributed by atoms with van der Waals surface area (Å²) < 4.78 is 61.6. The fraction of sp³-hybridized carbons (Fsp3) is 0.333. The summed E-state index contributed by atoms with van der Waals surface area (Å²) >= 11 is 0. The molecule has 1 rings (SSSR count). The van der Waals surface area contributed by atoms with E-state index >= 15 is 0 Å². The van der Waals surface area contributed by atoms with Crippen molar-refractivity contribution in [3.05, 3.63) is 23.5 Å². The molecule has 0 aliphatic heterocycles. The fourth-order valence-corrected chi connectivity index (χ4v) is 2.14. The Labute approximate surface area is 96.7 Å². The summed E-state index contributed by atoms with van der Waals surface area (Å²) in [4.78, 5) is -0.473. The van der Waals surface area contributed by atoms with Gasteiger partial charge < -0.3 is 5.73 Å². The van der Waals surface area contributed by atoms with Crippen molar-refractivity contribution in [3.63, 3.8) is 0 Å². The molecular weight excluding hydrogens is 257 g/mol. The van der Waals surface area contributed by atoms with Crippen LogP contribution < -0.4 is 10.5 Å². The minimum Gasteiger partial charge on any atom is -0.398 e. The Hall–Kier alpha value is -1.28. The summed E-state index contributed by atoms with van der Waals surface area (Å²) in [5, 5.41) is 0. The average molecular weight is 268 g/mol. The topological polar surface area (TPSA) is 72.2 Å². The second-order valence-corrected chi connectivity index (χ2v) is 5.13. The number of hydrogen-bond acceptors (Lipinski definition) is 3. The van der Waals surface area contributed by atoms with Gasteiger partial charge in [-0.25, -0.2) is 26.3 Å². The first-order valence-corrected chi connectivity index (χ1v) is 6.06. The summed E-state index contributed by atoms with van der Waals surface area (Å²) in [6.07, 6.45) is -2.82. The largest absolute Gasteiger partial charge is 0.398 e. The smallest absolute Gasteiger partial charge is 0.251 e. The van der Waals surface area contributed by atoms with Crippen molar-refractivity contribution in [2.45, 2.75) is 18.2 Å². The van der Waals surface area contributed by atoms with Crippen LogP contribution in [0.4, 0.5) is 18.9 Å². The molecule has 0 amide bonds. The lowest BCUT2D eigenvalue weighted by Crippen LogP contribution is -2.28. The first kappa shape index (κ1) is 13.8. The van der Waals surface area contributed by atoms with Gasteiger partial charge in [-0.2, -0.15) is 0 Å². The SMILES string of the molecule is Cc1c(N)cc(S(=O)(=O)NCC(F)F)cc1F. The predicted molar refractivity (Wildman–Crippen MR) is 56.7 cm³/mol. The van der Waals surface area contributed by atoms with Crippen LogP contribution >= 0.6 is 0 Å². The fourth-order valence-electron chi connectivity index (χ4n) is 1.09. The maximum absolute atomic E-state index is 13.2. The Morgan fingerprint density at radius 3 is 2.47 bits per heavy atom. The zero-order valence-electron chi connectivity index (χ0n) is 8.88. The van der Waals surface area contributed by atoms with Crippen molar-refractivity contribution in [3.8, 4) is 0 Å².